The Hall–Kier alpha value is -0.950. The first-order chi connectivity index (χ1) is 9.52. The van der Waals surface area contributed by atoms with E-state index in [-0.39, 0.29) is 5.60 Å². The van der Waals surface area contributed by atoms with Gasteiger partial charge >= 0.3 is 0 Å². The third-order valence-corrected chi connectivity index (χ3v) is 5.94. The second-order valence-corrected chi connectivity index (χ2v) is 7.55. The Kier molecular flexibility index (Phi) is 3.58. The Bertz CT molecular complexity index is 577. The standard InChI is InChI=1S/C14H20N2O3S/c1-12-2-4-13(5-3-12)20(17,18)16-8-9-19-14(11-16)6-7-15-10-14/h2-5,15H,6-11H2,1H3. The lowest BCUT2D eigenvalue weighted by atomic mass is 10.0. The number of benzene rings is 1. The summed E-state index contributed by atoms with van der Waals surface area (Å²) in [5.41, 5.74) is 0.720. The molecule has 2 saturated heterocycles. The van der Waals surface area contributed by atoms with Crippen LogP contribution in [0, 0.1) is 6.92 Å². The molecule has 1 unspecified atom stereocenters. The van der Waals surface area contributed by atoms with E-state index < -0.39 is 10.0 Å². The maximum absolute atomic E-state index is 12.7. The Labute approximate surface area is 120 Å². The lowest BCUT2D eigenvalue weighted by molar-refractivity contribution is -0.0753. The van der Waals surface area contributed by atoms with Crippen molar-refractivity contribution >= 4 is 10.0 Å². The van der Waals surface area contributed by atoms with E-state index in [1.54, 1.807) is 16.4 Å². The van der Waals surface area contributed by atoms with Crippen molar-refractivity contribution in [2.75, 3.05) is 32.8 Å². The molecular formula is C14H20N2O3S. The zero-order chi connectivity index (χ0) is 14.2. The second-order valence-electron chi connectivity index (χ2n) is 5.61. The van der Waals surface area contributed by atoms with Gasteiger partial charge in [-0.3, -0.25) is 0 Å². The van der Waals surface area contributed by atoms with E-state index in [1.165, 1.54) is 0 Å². The van der Waals surface area contributed by atoms with Crippen molar-refractivity contribution in [3.63, 3.8) is 0 Å². The maximum atomic E-state index is 12.7. The van der Waals surface area contributed by atoms with E-state index >= 15 is 0 Å². The second kappa shape index (κ2) is 5.11. The molecule has 0 aromatic heterocycles. The van der Waals surface area contributed by atoms with E-state index in [2.05, 4.69) is 5.32 Å². The molecule has 1 aromatic rings. The summed E-state index contributed by atoms with van der Waals surface area (Å²) in [6.07, 6.45) is 0.868. The summed E-state index contributed by atoms with van der Waals surface area (Å²) in [5.74, 6) is 0. The lowest BCUT2D eigenvalue weighted by Gasteiger charge is -2.39. The average molecular weight is 296 g/mol. The number of sulfonamides is 1. The summed E-state index contributed by atoms with van der Waals surface area (Å²) in [6, 6.07) is 7.03. The molecule has 1 atom stereocenters. The van der Waals surface area contributed by atoms with Crippen LogP contribution < -0.4 is 5.32 Å². The van der Waals surface area contributed by atoms with Crippen molar-refractivity contribution in [3.05, 3.63) is 29.8 Å². The number of nitrogens with zero attached hydrogens (tertiary/aromatic N) is 1. The molecule has 1 N–H and O–H groups in total. The molecule has 0 amide bonds. The predicted octanol–water partition coefficient (Wildman–Crippen LogP) is 0.748. The van der Waals surface area contributed by atoms with Gasteiger partial charge in [-0.05, 0) is 32.0 Å². The highest BCUT2D eigenvalue weighted by Crippen LogP contribution is 2.28. The highest BCUT2D eigenvalue weighted by molar-refractivity contribution is 7.89. The maximum Gasteiger partial charge on any atom is 0.243 e. The quantitative estimate of drug-likeness (QED) is 0.875. The summed E-state index contributed by atoms with van der Waals surface area (Å²) >= 11 is 0. The number of nitrogens with one attached hydrogen (secondary N) is 1. The van der Waals surface area contributed by atoms with Crippen molar-refractivity contribution in [2.24, 2.45) is 0 Å². The van der Waals surface area contributed by atoms with Crippen LogP contribution in [0.5, 0.6) is 0 Å². The van der Waals surface area contributed by atoms with E-state index in [4.69, 9.17) is 4.74 Å². The topological polar surface area (TPSA) is 58.6 Å². The van der Waals surface area contributed by atoms with Crippen molar-refractivity contribution in [2.45, 2.75) is 23.8 Å². The third-order valence-electron chi connectivity index (χ3n) is 4.08. The number of ether oxygens (including phenoxy) is 1. The molecule has 5 nitrogen and oxygen atoms in total. The molecule has 1 aromatic carbocycles. The minimum atomic E-state index is -3.42. The first-order valence-electron chi connectivity index (χ1n) is 6.93. The van der Waals surface area contributed by atoms with Crippen molar-refractivity contribution in [1.82, 2.24) is 9.62 Å². The summed E-state index contributed by atoms with van der Waals surface area (Å²) < 4.78 is 32.8. The zero-order valence-electron chi connectivity index (χ0n) is 11.6. The van der Waals surface area contributed by atoms with Crippen molar-refractivity contribution in [1.29, 1.82) is 0 Å². The normalized spacial score (nSPS) is 28.1. The van der Waals surface area contributed by atoms with Crippen LogP contribution in [0.4, 0.5) is 0 Å². The Morgan fingerprint density at radius 2 is 2.05 bits per heavy atom. The smallest absolute Gasteiger partial charge is 0.243 e. The van der Waals surface area contributed by atoms with Gasteiger partial charge in [-0.25, -0.2) is 8.42 Å². The van der Waals surface area contributed by atoms with Crippen LogP contribution in [0.25, 0.3) is 0 Å². The number of aryl methyl sites for hydroxylation is 1. The third kappa shape index (κ3) is 2.48. The summed E-state index contributed by atoms with van der Waals surface area (Å²) in [5, 5.41) is 3.26. The van der Waals surface area contributed by atoms with Crippen molar-refractivity contribution in [3.8, 4) is 0 Å². The van der Waals surface area contributed by atoms with Crippen LogP contribution in [0.2, 0.25) is 0 Å². The van der Waals surface area contributed by atoms with Gasteiger partial charge in [0.25, 0.3) is 0 Å². The number of hydrogen-bond donors (Lipinski definition) is 1. The van der Waals surface area contributed by atoms with Crippen LogP contribution in [-0.4, -0.2) is 51.1 Å². The zero-order valence-corrected chi connectivity index (χ0v) is 12.4. The molecular weight excluding hydrogens is 276 g/mol. The fraction of sp³-hybridized carbons (Fsp3) is 0.571. The van der Waals surface area contributed by atoms with Gasteiger partial charge in [-0.15, -0.1) is 0 Å². The SMILES string of the molecule is Cc1ccc(S(=O)(=O)N2CCOC3(CCNC3)C2)cc1. The van der Waals surface area contributed by atoms with Gasteiger partial charge in [-0.2, -0.15) is 4.31 Å². The molecule has 20 heavy (non-hydrogen) atoms. The van der Waals surface area contributed by atoms with E-state index in [0.29, 0.717) is 24.6 Å². The average Bonchev–Trinajstić information content (AvgIpc) is 2.87. The fourth-order valence-corrected chi connectivity index (χ4v) is 4.35. The highest BCUT2D eigenvalue weighted by Gasteiger charge is 2.42. The van der Waals surface area contributed by atoms with E-state index in [0.717, 1.165) is 25.1 Å². The van der Waals surface area contributed by atoms with Gasteiger partial charge in [0.2, 0.25) is 10.0 Å². The Balaban J connectivity index is 1.85. The van der Waals surface area contributed by atoms with Crippen LogP contribution >= 0.6 is 0 Å². The molecule has 110 valence electrons. The molecule has 3 rings (SSSR count). The van der Waals surface area contributed by atoms with Gasteiger partial charge in [0.1, 0.15) is 0 Å². The monoisotopic (exact) mass is 296 g/mol. The van der Waals surface area contributed by atoms with Crippen LogP contribution in [0.3, 0.4) is 0 Å². The molecule has 2 heterocycles. The molecule has 0 bridgehead atoms. The number of rotatable bonds is 2. The van der Waals surface area contributed by atoms with Gasteiger partial charge < -0.3 is 10.1 Å². The Morgan fingerprint density at radius 3 is 2.70 bits per heavy atom. The molecule has 2 aliphatic rings. The minimum absolute atomic E-state index is 0.337. The van der Waals surface area contributed by atoms with Crippen LogP contribution in [-0.2, 0) is 14.8 Å². The molecule has 2 aliphatic heterocycles. The minimum Gasteiger partial charge on any atom is -0.371 e. The Morgan fingerprint density at radius 1 is 1.30 bits per heavy atom. The predicted molar refractivity (Wildman–Crippen MR) is 76.1 cm³/mol. The largest absolute Gasteiger partial charge is 0.371 e. The highest BCUT2D eigenvalue weighted by atomic mass is 32.2. The fourth-order valence-electron chi connectivity index (χ4n) is 2.85. The van der Waals surface area contributed by atoms with E-state index in [9.17, 15) is 8.42 Å². The van der Waals surface area contributed by atoms with E-state index in [1.807, 2.05) is 19.1 Å². The van der Waals surface area contributed by atoms with Crippen LogP contribution in [0.15, 0.2) is 29.2 Å². The van der Waals surface area contributed by atoms with Crippen molar-refractivity contribution < 1.29 is 13.2 Å². The van der Waals surface area contributed by atoms with Gasteiger partial charge in [-0.1, -0.05) is 17.7 Å². The molecule has 2 fully saturated rings. The summed E-state index contributed by atoms with van der Waals surface area (Å²) in [6.45, 7) is 4.90. The molecule has 0 radical (unpaired) electrons. The van der Waals surface area contributed by atoms with Gasteiger partial charge in [0.15, 0.2) is 0 Å². The molecule has 6 heteroatoms. The summed E-state index contributed by atoms with van der Waals surface area (Å²) in [4.78, 5) is 0.367. The lowest BCUT2D eigenvalue weighted by Crippen LogP contribution is -2.54. The summed E-state index contributed by atoms with van der Waals surface area (Å²) in [7, 11) is -3.42. The molecule has 0 aliphatic carbocycles. The first kappa shape index (κ1) is 14.0. The molecule has 1 spiro atoms. The first-order valence-corrected chi connectivity index (χ1v) is 8.37. The number of morpholine rings is 1. The van der Waals surface area contributed by atoms with Crippen LogP contribution in [0.1, 0.15) is 12.0 Å². The molecule has 0 saturated carbocycles. The van der Waals surface area contributed by atoms with Gasteiger partial charge in [0.05, 0.1) is 17.1 Å². The number of hydrogen-bond acceptors (Lipinski definition) is 4. The van der Waals surface area contributed by atoms with Gasteiger partial charge in [0, 0.05) is 19.6 Å².